The molecule has 0 saturated carbocycles. The van der Waals surface area contributed by atoms with Crippen molar-refractivity contribution in [3.8, 4) is 0 Å². The molecular formula is C34H46N6O6S. The van der Waals surface area contributed by atoms with Crippen molar-refractivity contribution in [2.75, 3.05) is 12.0 Å². The second-order valence-corrected chi connectivity index (χ2v) is 13.1. The first-order chi connectivity index (χ1) is 22.5. The fraction of sp³-hybridized carbons (Fsp3) is 0.471. The Morgan fingerprint density at radius 3 is 1.74 bits per heavy atom. The monoisotopic (exact) mass is 666 g/mol. The van der Waals surface area contributed by atoms with Gasteiger partial charge in [-0.2, -0.15) is 11.8 Å². The van der Waals surface area contributed by atoms with Crippen LogP contribution in [0.15, 0.2) is 60.7 Å². The average Bonchev–Trinajstić information content (AvgIpc) is 3.48. The van der Waals surface area contributed by atoms with Crippen LogP contribution >= 0.6 is 11.8 Å². The summed E-state index contributed by atoms with van der Waals surface area (Å²) >= 11 is 1.51. The Labute approximate surface area is 280 Å². The number of nitrogens with two attached hydrogens (primary N) is 1. The van der Waals surface area contributed by atoms with E-state index in [9.17, 15) is 28.8 Å². The minimum Gasteiger partial charge on any atom is -0.368 e. The zero-order chi connectivity index (χ0) is 34.3. The zero-order valence-corrected chi connectivity index (χ0v) is 27.9. The lowest BCUT2D eigenvalue weighted by Crippen LogP contribution is -2.59. The summed E-state index contributed by atoms with van der Waals surface area (Å²) in [6, 6.07) is 13.4. The highest BCUT2D eigenvalue weighted by Crippen LogP contribution is 2.12. The standard InChI is InChI=1S/C34H46N6O6S/c1-21(2)18-26(32(44)37-24(30(35)42)16-17-47-3)38-33(45)28(20-23-12-8-5-9-13-23)40-34(46)27(19-22-10-6-4-7-11-22)39-31(43)25-14-15-29(41)36-25/h4-13,21,24-28H,14-20H2,1-3H3,(H2,35,42)(H,36,41)(H,37,44)(H,38,45)(H,39,43)(H,40,46). The topological polar surface area (TPSA) is 189 Å². The van der Waals surface area contributed by atoms with Crippen molar-refractivity contribution in [1.82, 2.24) is 26.6 Å². The summed E-state index contributed by atoms with van der Waals surface area (Å²) in [5.41, 5.74) is 7.08. The smallest absolute Gasteiger partial charge is 0.243 e. The predicted octanol–water partition coefficient (Wildman–Crippen LogP) is 0.974. The Bertz CT molecular complexity index is 1380. The number of primary amides is 1. The van der Waals surface area contributed by atoms with Crippen molar-refractivity contribution in [2.45, 2.75) is 82.6 Å². The Morgan fingerprint density at radius 1 is 0.787 bits per heavy atom. The summed E-state index contributed by atoms with van der Waals surface area (Å²) in [6.07, 6.45) is 3.28. The van der Waals surface area contributed by atoms with Crippen LogP contribution in [0.25, 0.3) is 0 Å². The molecule has 0 radical (unpaired) electrons. The number of hydrogen-bond acceptors (Lipinski definition) is 7. The third-order valence-corrected chi connectivity index (χ3v) is 8.40. The van der Waals surface area contributed by atoms with Crippen molar-refractivity contribution in [1.29, 1.82) is 0 Å². The lowest BCUT2D eigenvalue weighted by atomic mass is 9.99. The first-order valence-electron chi connectivity index (χ1n) is 15.8. The van der Waals surface area contributed by atoms with Crippen LogP contribution in [0.4, 0.5) is 0 Å². The van der Waals surface area contributed by atoms with Gasteiger partial charge in [0.2, 0.25) is 35.4 Å². The lowest BCUT2D eigenvalue weighted by Gasteiger charge is -2.27. The molecular weight excluding hydrogens is 620 g/mol. The van der Waals surface area contributed by atoms with Crippen molar-refractivity contribution in [2.24, 2.45) is 11.7 Å². The fourth-order valence-corrected chi connectivity index (χ4v) is 5.71. The molecule has 5 atom stereocenters. The van der Waals surface area contributed by atoms with E-state index in [1.54, 1.807) is 0 Å². The third-order valence-electron chi connectivity index (χ3n) is 7.75. The average molecular weight is 667 g/mol. The molecule has 5 unspecified atom stereocenters. The van der Waals surface area contributed by atoms with E-state index in [1.807, 2.05) is 80.8 Å². The summed E-state index contributed by atoms with van der Waals surface area (Å²) in [6.45, 7) is 3.80. The van der Waals surface area contributed by atoms with Crippen LogP contribution in [0, 0.1) is 5.92 Å². The number of carbonyl (C=O) groups is 6. The number of thioether (sulfide) groups is 1. The van der Waals surface area contributed by atoms with Crippen LogP contribution in [0.2, 0.25) is 0 Å². The van der Waals surface area contributed by atoms with E-state index in [-0.39, 0.29) is 37.5 Å². The van der Waals surface area contributed by atoms with E-state index < -0.39 is 59.7 Å². The van der Waals surface area contributed by atoms with Gasteiger partial charge in [-0.3, -0.25) is 28.8 Å². The summed E-state index contributed by atoms with van der Waals surface area (Å²) < 4.78 is 0. The summed E-state index contributed by atoms with van der Waals surface area (Å²) in [5.74, 6) is -2.53. The van der Waals surface area contributed by atoms with E-state index >= 15 is 0 Å². The summed E-state index contributed by atoms with van der Waals surface area (Å²) in [5, 5.41) is 13.7. The number of carbonyl (C=O) groups excluding carboxylic acids is 6. The maximum absolute atomic E-state index is 13.9. The van der Waals surface area contributed by atoms with Gasteiger partial charge in [-0.05, 0) is 48.3 Å². The maximum atomic E-state index is 13.9. The van der Waals surface area contributed by atoms with Crippen LogP contribution in [-0.4, -0.2) is 77.7 Å². The van der Waals surface area contributed by atoms with Gasteiger partial charge in [0.05, 0.1) is 0 Å². The quantitative estimate of drug-likeness (QED) is 0.137. The van der Waals surface area contributed by atoms with Gasteiger partial charge in [0.15, 0.2) is 0 Å². The Morgan fingerprint density at radius 2 is 1.28 bits per heavy atom. The Kier molecular flexibility index (Phi) is 14.7. The molecule has 1 saturated heterocycles. The Balaban J connectivity index is 1.84. The molecule has 7 N–H and O–H groups in total. The molecule has 1 aliphatic rings. The SMILES string of the molecule is CSCCC(NC(=O)C(CC(C)C)NC(=O)C(Cc1ccccc1)NC(=O)C(Cc1ccccc1)NC(=O)C1CCC(=O)N1)C(N)=O. The van der Waals surface area contributed by atoms with Gasteiger partial charge >= 0.3 is 0 Å². The van der Waals surface area contributed by atoms with Crippen LogP contribution in [-0.2, 0) is 41.6 Å². The molecule has 3 rings (SSSR count). The normalized spacial score (nSPS) is 16.7. The molecule has 0 aromatic heterocycles. The third kappa shape index (κ3) is 12.4. The van der Waals surface area contributed by atoms with Gasteiger partial charge in [0.1, 0.15) is 30.2 Å². The van der Waals surface area contributed by atoms with Crippen molar-refractivity contribution in [3.05, 3.63) is 71.8 Å². The van der Waals surface area contributed by atoms with E-state index in [2.05, 4.69) is 26.6 Å². The first kappa shape index (κ1) is 37.1. The molecule has 47 heavy (non-hydrogen) atoms. The highest BCUT2D eigenvalue weighted by atomic mass is 32.2. The number of nitrogens with one attached hydrogen (secondary N) is 5. The van der Waals surface area contributed by atoms with Gasteiger partial charge in [-0.15, -0.1) is 0 Å². The maximum Gasteiger partial charge on any atom is 0.243 e. The van der Waals surface area contributed by atoms with E-state index in [0.29, 0.717) is 18.6 Å². The minimum absolute atomic E-state index is 0.00739. The van der Waals surface area contributed by atoms with Crippen LogP contribution < -0.4 is 32.3 Å². The van der Waals surface area contributed by atoms with E-state index in [0.717, 1.165) is 11.1 Å². The largest absolute Gasteiger partial charge is 0.368 e. The molecule has 6 amide bonds. The van der Waals surface area contributed by atoms with Crippen LogP contribution in [0.3, 0.4) is 0 Å². The number of benzene rings is 2. The second kappa shape index (κ2) is 18.7. The number of hydrogen-bond donors (Lipinski definition) is 6. The molecule has 0 spiro atoms. The van der Waals surface area contributed by atoms with Crippen molar-refractivity contribution in [3.63, 3.8) is 0 Å². The van der Waals surface area contributed by atoms with Crippen molar-refractivity contribution >= 4 is 47.2 Å². The molecule has 1 fully saturated rings. The second-order valence-electron chi connectivity index (χ2n) is 12.1. The molecule has 12 nitrogen and oxygen atoms in total. The van der Waals surface area contributed by atoms with Crippen LogP contribution in [0.5, 0.6) is 0 Å². The number of amides is 6. The minimum atomic E-state index is -1.11. The molecule has 0 bridgehead atoms. The molecule has 13 heteroatoms. The van der Waals surface area contributed by atoms with Gasteiger partial charge in [0.25, 0.3) is 0 Å². The summed E-state index contributed by atoms with van der Waals surface area (Å²) in [7, 11) is 0. The molecule has 1 aliphatic heterocycles. The number of rotatable bonds is 18. The first-order valence-corrected chi connectivity index (χ1v) is 17.2. The van der Waals surface area contributed by atoms with Gasteiger partial charge in [0, 0.05) is 19.3 Å². The van der Waals surface area contributed by atoms with Crippen LogP contribution in [0.1, 0.15) is 50.7 Å². The lowest BCUT2D eigenvalue weighted by molar-refractivity contribution is -0.134. The summed E-state index contributed by atoms with van der Waals surface area (Å²) in [4.78, 5) is 77.9. The fourth-order valence-electron chi connectivity index (χ4n) is 5.24. The molecule has 254 valence electrons. The highest BCUT2D eigenvalue weighted by Gasteiger charge is 2.34. The molecule has 2 aromatic rings. The van der Waals surface area contributed by atoms with Gasteiger partial charge in [-0.25, -0.2) is 0 Å². The highest BCUT2D eigenvalue weighted by molar-refractivity contribution is 7.98. The molecule has 0 aliphatic carbocycles. The predicted molar refractivity (Wildman–Crippen MR) is 181 cm³/mol. The van der Waals surface area contributed by atoms with Gasteiger partial charge in [-0.1, -0.05) is 74.5 Å². The van der Waals surface area contributed by atoms with Gasteiger partial charge < -0.3 is 32.3 Å². The Hall–Kier alpha value is -4.39. The molecule has 2 aromatic carbocycles. The van der Waals surface area contributed by atoms with Crippen molar-refractivity contribution < 1.29 is 28.8 Å². The molecule has 1 heterocycles. The van der Waals surface area contributed by atoms with E-state index in [1.165, 1.54) is 11.8 Å². The zero-order valence-electron chi connectivity index (χ0n) is 27.1. The van der Waals surface area contributed by atoms with E-state index in [4.69, 9.17) is 5.73 Å².